The van der Waals surface area contributed by atoms with Crippen LogP contribution in [0, 0.1) is 5.41 Å². The Morgan fingerprint density at radius 2 is 1.86 bits per heavy atom. The summed E-state index contributed by atoms with van der Waals surface area (Å²) in [5, 5.41) is 0. The zero-order valence-corrected chi connectivity index (χ0v) is 19.1. The van der Waals surface area contributed by atoms with Gasteiger partial charge in [-0.2, -0.15) is 0 Å². The van der Waals surface area contributed by atoms with E-state index in [0.29, 0.717) is 12.2 Å². The van der Waals surface area contributed by atoms with Crippen LogP contribution in [0.1, 0.15) is 78.9 Å². The number of anilines is 3. The molecule has 3 heterocycles. The van der Waals surface area contributed by atoms with Gasteiger partial charge in [0.05, 0.1) is 5.69 Å². The summed E-state index contributed by atoms with van der Waals surface area (Å²) >= 11 is 0. The number of hydrogen-bond donors (Lipinski definition) is 0. The summed E-state index contributed by atoms with van der Waals surface area (Å²) in [5.74, 6) is 1.14. The van der Waals surface area contributed by atoms with Crippen molar-refractivity contribution >= 4 is 17.2 Å². The average molecular weight is 390 g/mol. The molecule has 0 spiro atoms. The van der Waals surface area contributed by atoms with Gasteiger partial charge in [0.25, 0.3) is 0 Å². The molecule has 3 heteroatoms. The molecule has 3 atom stereocenters. The molecule has 5 rings (SSSR count). The second-order valence-electron chi connectivity index (χ2n) is 10.7. The topological polar surface area (TPSA) is 19.4 Å². The molecule has 3 unspecified atom stereocenters. The highest BCUT2D eigenvalue weighted by atomic mass is 15.5. The van der Waals surface area contributed by atoms with Crippen LogP contribution in [0.5, 0.6) is 0 Å². The molecule has 3 nitrogen and oxygen atoms in total. The van der Waals surface area contributed by atoms with Gasteiger partial charge in [-0.3, -0.25) is 0 Å². The summed E-state index contributed by atoms with van der Waals surface area (Å²) in [6.07, 6.45) is 6.02. The molecule has 3 aliphatic rings. The maximum atomic E-state index is 4.90. The smallest absolute Gasteiger partial charge is 0.158 e. The van der Waals surface area contributed by atoms with Crippen molar-refractivity contribution in [2.24, 2.45) is 5.41 Å². The maximum Gasteiger partial charge on any atom is 0.158 e. The molecule has 0 N–H and O–H groups in total. The van der Waals surface area contributed by atoms with Crippen LogP contribution in [0.15, 0.2) is 36.5 Å². The summed E-state index contributed by atoms with van der Waals surface area (Å²) in [4.78, 5) is 10.1. The molecule has 0 bridgehead atoms. The Morgan fingerprint density at radius 3 is 2.48 bits per heavy atom. The SMILES string of the molecule is CCC12CC1(CC)C1N(c3ccc(C(C)(C)C)cc32)c2ncccc2N1C(C)C. The number of aromatic nitrogens is 1. The van der Waals surface area contributed by atoms with Gasteiger partial charge in [-0.25, -0.2) is 4.98 Å². The first kappa shape index (κ1) is 19.0. The molecule has 1 aliphatic carbocycles. The van der Waals surface area contributed by atoms with Crippen LogP contribution in [0.2, 0.25) is 0 Å². The third kappa shape index (κ3) is 2.17. The van der Waals surface area contributed by atoms with Gasteiger partial charge < -0.3 is 9.80 Å². The van der Waals surface area contributed by atoms with Crippen molar-refractivity contribution in [3.05, 3.63) is 47.7 Å². The molecule has 1 saturated carbocycles. The Kier molecular flexibility index (Phi) is 3.77. The molecule has 1 aromatic carbocycles. The molecule has 1 fully saturated rings. The van der Waals surface area contributed by atoms with Crippen molar-refractivity contribution in [2.75, 3.05) is 9.80 Å². The lowest BCUT2D eigenvalue weighted by molar-refractivity contribution is 0.291. The first-order chi connectivity index (χ1) is 13.7. The minimum atomic E-state index is 0.162. The van der Waals surface area contributed by atoms with Crippen molar-refractivity contribution in [3.8, 4) is 0 Å². The van der Waals surface area contributed by atoms with Crippen molar-refractivity contribution in [1.82, 2.24) is 4.98 Å². The van der Waals surface area contributed by atoms with Gasteiger partial charge in [0.2, 0.25) is 0 Å². The molecule has 2 aromatic rings. The number of fused-ring (bicyclic) bond motifs is 8. The van der Waals surface area contributed by atoms with Gasteiger partial charge in [-0.1, -0.05) is 46.8 Å². The predicted octanol–water partition coefficient (Wildman–Crippen LogP) is 6.53. The van der Waals surface area contributed by atoms with Crippen molar-refractivity contribution in [1.29, 1.82) is 0 Å². The van der Waals surface area contributed by atoms with E-state index in [2.05, 4.69) is 88.6 Å². The van der Waals surface area contributed by atoms with Gasteiger partial charge in [0.15, 0.2) is 5.82 Å². The highest BCUT2D eigenvalue weighted by molar-refractivity contribution is 5.86. The van der Waals surface area contributed by atoms with Crippen molar-refractivity contribution in [2.45, 2.75) is 90.8 Å². The summed E-state index contributed by atoms with van der Waals surface area (Å²) in [7, 11) is 0. The highest BCUT2D eigenvalue weighted by Gasteiger charge is 2.75. The van der Waals surface area contributed by atoms with E-state index in [1.807, 2.05) is 6.20 Å². The summed E-state index contributed by atoms with van der Waals surface area (Å²) in [6, 6.07) is 12.1. The fraction of sp³-hybridized carbons (Fsp3) is 0.577. The van der Waals surface area contributed by atoms with Crippen molar-refractivity contribution in [3.63, 3.8) is 0 Å². The standard InChI is InChI=1S/C26H35N3/c1-8-25-16-26(25,9-2)23-28(17(3)4)21-11-10-14-27-22(21)29(23)20-13-12-18(15-19(20)25)24(5,6)7/h10-15,17,23H,8-9,16H2,1-7H3. The molecule has 154 valence electrons. The molecule has 29 heavy (non-hydrogen) atoms. The second kappa shape index (κ2) is 5.77. The van der Waals surface area contributed by atoms with E-state index in [1.165, 1.54) is 36.2 Å². The van der Waals surface area contributed by atoms with E-state index in [1.54, 1.807) is 5.56 Å². The van der Waals surface area contributed by atoms with Gasteiger partial charge in [-0.15, -0.1) is 0 Å². The number of pyridine rings is 1. The zero-order valence-electron chi connectivity index (χ0n) is 19.1. The Labute approximate surface area is 176 Å². The molecule has 0 saturated heterocycles. The maximum absolute atomic E-state index is 4.90. The fourth-order valence-electron chi connectivity index (χ4n) is 6.57. The fourth-order valence-corrected chi connectivity index (χ4v) is 6.57. The summed E-state index contributed by atoms with van der Waals surface area (Å²) < 4.78 is 0. The van der Waals surface area contributed by atoms with Crippen LogP contribution in [0.3, 0.4) is 0 Å². The van der Waals surface area contributed by atoms with Gasteiger partial charge in [0.1, 0.15) is 6.17 Å². The molecule has 0 radical (unpaired) electrons. The van der Waals surface area contributed by atoms with Crippen LogP contribution in [-0.2, 0) is 10.8 Å². The zero-order chi connectivity index (χ0) is 20.8. The Morgan fingerprint density at radius 1 is 1.10 bits per heavy atom. The van der Waals surface area contributed by atoms with Gasteiger partial charge >= 0.3 is 0 Å². The number of hydrogen-bond acceptors (Lipinski definition) is 3. The Bertz CT molecular complexity index is 972. The molecule has 2 aliphatic heterocycles. The minimum absolute atomic E-state index is 0.162. The predicted molar refractivity (Wildman–Crippen MR) is 122 cm³/mol. The molecular formula is C26H35N3. The van der Waals surface area contributed by atoms with E-state index in [0.717, 1.165) is 5.82 Å². The van der Waals surface area contributed by atoms with E-state index >= 15 is 0 Å². The van der Waals surface area contributed by atoms with Crippen LogP contribution in [0.25, 0.3) is 0 Å². The lowest BCUT2D eigenvalue weighted by Gasteiger charge is -2.47. The number of rotatable bonds is 3. The summed E-state index contributed by atoms with van der Waals surface area (Å²) in [6.45, 7) is 16.4. The van der Waals surface area contributed by atoms with Gasteiger partial charge in [0, 0.05) is 28.8 Å². The Hall–Kier alpha value is -2.03. The van der Waals surface area contributed by atoms with Gasteiger partial charge in [-0.05, 0) is 67.9 Å². The first-order valence-electron chi connectivity index (χ1n) is 11.4. The van der Waals surface area contributed by atoms with E-state index in [9.17, 15) is 0 Å². The molecule has 0 amide bonds. The monoisotopic (exact) mass is 389 g/mol. The minimum Gasteiger partial charge on any atom is -0.345 e. The normalized spacial score (nSPS) is 29.4. The highest BCUT2D eigenvalue weighted by Crippen LogP contribution is 2.77. The quantitative estimate of drug-likeness (QED) is 0.594. The largest absolute Gasteiger partial charge is 0.345 e. The third-order valence-electron chi connectivity index (χ3n) is 8.15. The number of benzene rings is 1. The van der Waals surface area contributed by atoms with Crippen LogP contribution in [-0.4, -0.2) is 17.2 Å². The second-order valence-corrected chi connectivity index (χ2v) is 10.7. The van der Waals surface area contributed by atoms with E-state index in [4.69, 9.17) is 4.98 Å². The van der Waals surface area contributed by atoms with Crippen LogP contribution < -0.4 is 9.80 Å². The third-order valence-corrected chi connectivity index (χ3v) is 8.15. The Balaban J connectivity index is 1.81. The number of nitrogens with zero attached hydrogens (tertiary/aromatic N) is 3. The van der Waals surface area contributed by atoms with Crippen LogP contribution >= 0.6 is 0 Å². The van der Waals surface area contributed by atoms with E-state index < -0.39 is 0 Å². The lowest BCUT2D eigenvalue weighted by Crippen LogP contribution is -2.55. The first-order valence-corrected chi connectivity index (χ1v) is 11.4. The van der Waals surface area contributed by atoms with Crippen LogP contribution in [0.4, 0.5) is 17.2 Å². The summed E-state index contributed by atoms with van der Waals surface area (Å²) in [5.41, 5.74) is 6.42. The molecule has 1 aromatic heterocycles. The molecular weight excluding hydrogens is 354 g/mol. The van der Waals surface area contributed by atoms with Crippen molar-refractivity contribution < 1.29 is 0 Å². The average Bonchev–Trinajstić information content (AvgIpc) is 3.27. The lowest BCUT2D eigenvalue weighted by atomic mass is 9.74. The van der Waals surface area contributed by atoms with E-state index in [-0.39, 0.29) is 16.2 Å².